The second-order valence-corrected chi connectivity index (χ2v) is 8.77. The van der Waals surface area contributed by atoms with Gasteiger partial charge in [0.1, 0.15) is 17.2 Å². The Hall–Kier alpha value is -4.00. The van der Waals surface area contributed by atoms with E-state index in [1.165, 1.54) is 18.3 Å². The fourth-order valence-electron chi connectivity index (χ4n) is 3.57. The van der Waals surface area contributed by atoms with Gasteiger partial charge in [0.05, 0.1) is 11.1 Å². The fraction of sp³-hybridized carbons (Fsp3) is 0.192. The summed E-state index contributed by atoms with van der Waals surface area (Å²) in [5.74, 6) is -0.549. The summed E-state index contributed by atoms with van der Waals surface area (Å²) in [4.78, 5) is 29.6. The molecule has 0 aliphatic carbocycles. The van der Waals surface area contributed by atoms with Crippen LogP contribution in [-0.2, 0) is 0 Å². The number of pyridine rings is 1. The number of furan rings is 1. The highest BCUT2D eigenvalue weighted by atomic mass is 19.1. The molecule has 33 heavy (non-hydrogen) atoms. The molecule has 4 aromatic rings. The number of halogens is 1. The first-order valence-electron chi connectivity index (χ1n) is 10.5. The molecular formula is C26H24FN3O3. The Morgan fingerprint density at radius 2 is 1.61 bits per heavy atom. The summed E-state index contributed by atoms with van der Waals surface area (Å²) in [7, 11) is 1.54. The molecule has 0 bridgehead atoms. The minimum absolute atomic E-state index is 0.217. The van der Waals surface area contributed by atoms with Gasteiger partial charge in [-0.05, 0) is 68.8 Å². The van der Waals surface area contributed by atoms with Crippen LogP contribution in [0, 0.1) is 5.82 Å². The number of nitrogens with zero attached hydrogens (tertiary/aromatic N) is 1. The summed E-state index contributed by atoms with van der Waals surface area (Å²) in [6.07, 6.45) is 3.18. The predicted octanol–water partition coefficient (Wildman–Crippen LogP) is 5.19. The molecule has 0 saturated heterocycles. The second kappa shape index (κ2) is 8.50. The average molecular weight is 445 g/mol. The van der Waals surface area contributed by atoms with E-state index < -0.39 is 0 Å². The Labute approximate surface area is 190 Å². The van der Waals surface area contributed by atoms with E-state index in [0.717, 1.165) is 11.1 Å². The SMILES string of the molecule is CNC(=O)c1c(-c2ccc(F)cc2)oc2ccc(-c3cncc(C(=O)NC(C)(C)C)c3)cc12. The molecule has 2 aromatic carbocycles. The molecule has 0 unspecified atom stereocenters. The lowest BCUT2D eigenvalue weighted by molar-refractivity contribution is 0.0917. The van der Waals surface area contributed by atoms with Crippen LogP contribution < -0.4 is 10.6 Å². The molecule has 0 radical (unpaired) electrons. The molecule has 7 heteroatoms. The van der Waals surface area contributed by atoms with Gasteiger partial charge in [-0.25, -0.2) is 4.39 Å². The van der Waals surface area contributed by atoms with Crippen LogP contribution in [0.3, 0.4) is 0 Å². The molecule has 0 fully saturated rings. The van der Waals surface area contributed by atoms with Crippen LogP contribution in [0.2, 0.25) is 0 Å². The van der Waals surface area contributed by atoms with Gasteiger partial charge in [-0.2, -0.15) is 0 Å². The smallest absolute Gasteiger partial charge is 0.255 e. The highest BCUT2D eigenvalue weighted by Gasteiger charge is 2.22. The number of aromatic nitrogens is 1. The lowest BCUT2D eigenvalue weighted by Gasteiger charge is -2.20. The van der Waals surface area contributed by atoms with E-state index in [2.05, 4.69) is 15.6 Å². The number of carbonyl (C=O) groups excluding carboxylic acids is 2. The van der Waals surface area contributed by atoms with E-state index in [4.69, 9.17) is 4.42 Å². The number of carbonyl (C=O) groups is 2. The van der Waals surface area contributed by atoms with E-state index in [-0.39, 0.29) is 23.2 Å². The van der Waals surface area contributed by atoms with Crippen molar-refractivity contribution < 1.29 is 18.4 Å². The molecule has 2 heterocycles. The topological polar surface area (TPSA) is 84.2 Å². The third-order valence-electron chi connectivity index (χ3n) is 5.07. The number of fused-ring (bicyclic) bond motifs is 1. The summed E-state index contributed by atoms with van der Waals surface area (Å²) >= 11 is 0. The molecule has 6 nitrogen and oxygen atoms in total. The van der Waals surface area contributed by atoms with Gasteiger partial charge in [-0.3, -0.25) is 14.6 Å². The standard InChI is InChI=1S/C26H24FN3O3/c1-26(2,3)30-24(31)18-11-17(13-29-14-18)16-7-10-21-20(12-16)22(25(32)28-4)23(33-21)15-5-8-19(27)9-6-15/h5-14H,1-4H3,(H,28,32)(H,30,31). The summed E-state index contributed by atoms with van der Waals surface area (Å²) < 4.78 is 19.4. The zero-order valence-corrected chi connectivity index (χ0v) is 18.8. The summed E-state index contributed by atoms with van der Waals surface area (Å²) in [6.45, 7) is 5.73. The zero-order valence-electron chi connectivity index (χ0n) is 18.8. The van der Waals surface area contributed by atoms with E-state index in [1.807, 2.05) is 32.9 Å². The number of rotatable bonds is 4. The summed E-state index contributed by atoms with van der Waals surface area (Å²) in [5, 5.41) is 6.18. The average Bonchev–Trinajstić information content (AvgIpc) is 3.16. The van der Waals surface area contributed by atoms with Gasteiger partial charge >= 0.3 is 0 Å². The molecule has 0 saturated carbocycles. The van der Waals surface area contributed by atoms with E-state index >= 15 is 0 Å². The van der Waals surface area contributed by atoms with Crippen molar-refractivity contribution in [3.63, 3.8) is 0 Å². The number of amides is 2. The van der Waals surface area contributed by atoms with Gasteiger partial charge in [-0.1, -0.05) is 6.07 Å². The first-order chi connectivity index (χ1) is 15.7. The normalized spacial score (nSPS) is 11.4. The van der Waals surface area contributed by atoms with Crippen LogP contribution in [0.1, 0.15) is 41.5 Å². The maximum absolute atomic E-state index is 13.4. The van der Waals surface area contributed by atoms with E-state index in [9.17, 15) is 14.0 Å². The molecule has 0 spiro atoms. The van der Waals surface area contributed by atoms with Crippen LogP contribution in [0.25, 0.3) is 33.4 Å². The fourth-order valence-corrected chi connectivity index (χ4v) is 3.57. The third kappa shape index (κ3) is 4.62. The quantitative estimate of drug-likeness (QED) is 0.453. The summed E-state index contributed by atoms with van der Waals surface area (Å²) in [6, 6.07) is 13.0. The van der Waals surface area contributed by atoms with Gasteiger partial charge in [0.2, 0.25) is 0 Å². The number of benzene rings is 2. The van der Waals surface area contributed by atoms with Gasteiger partial charge in [0.15, 0.2) is 0 Å². The van der Waals surface area contributed by atoms with E-state index in [1.54, 1.807) is 37.5 Å². The van der Waals surface area contributed by atoms with Crippen LogP contribution >= 0.6 is 0 Å². The molecule has 168 valence electrons. The zero-order chi connectivity index (χ0) is 23.8. The Balaban J connectivity index is 1.81. The maximum atomic E-state index is 13.4. The Kier molecular flexibility index (Phi) is 5.72. The Morgan fingerprint density at radius 3 is 2.27 bits per heavy atom. The van der Waals surface area contributed by atoms with Crippen LogP contribution in [0.5, 0.6) is 0 Å². The van der Waals surface area contributed by atoms with E-state index in [0.29, 0.717) is 33.4 Å². The summed E-state index contributed by atoms with van der Waals surface area (Å²) in [5.41, 5.74) is 3.04. The largest absolute Gasteiger partial charge is 0.455 e. The van der Waals surface area contributed by atoms with Crippen LogP contribution in [-0.4, -0.2) is 29.4 Å². The molecule has 0 aliphatic rings. The number of hydrogen-bond donors (Lipinski definition) is 2. The van der Waals surface area contributed by atoms with Crippen molar-refractivity contribution in [1.82, 2.24) is 15.6 Å². The number of nitrogens with one attached hydrogen (secondary N) is 2. The molecule has 0 atom stereocenters. The van der Waals surface area contributed by atoms with Crippen molar-refractivity contribution in [2.45, 2.75) is 26.3 Å². The first kappa shape index (κ1) is 22.2. The molecule has 4 rings (SSSR count). The minimum atomic E-state index is -0.374. The highest BCUT2D eigenvalue weighted by molar-refractivity contribution is 6.11. The lowest BCUT2D eigenvalue weighted by atomic mass is 10.00. The highest BCUT2D eigenvalue weighted by Crippen LogP contribution is 2.36. The first-order valence-corrected chi connectivity index (χ1v) is 10.5. The number of hydrogen-bond acceptors (Lipinski definition) is 4. The van der Waals surface area contributed by atoms with Gasteiger partial charge in [-0.15, -0.1) is 0 Å². The van der Waals surface area contributed by atoms with Gasteiger partial charge in [0, 0.05) is 41.5 Å². The molecule has 2 amide bonds. The minimum Gasteiger partial charge on any atom is -0.455 e. The van der Waals surface area contributed by atoms with Crippen molar-refractivity contribution in [1.29, 1.82) is 0 Å². The maximum Gasteiger partial charge on any atom is 0.255 e. The van der Waals surface area contributed by atoms with Crippen molar-refractivity contribution in [2.75, 3.05) is 7.05 Å². The van der Waals surface area contributed by atoms with Crippen molar-refractivity contribution in [3.8, 4) is 22.5 Å². The monoisotopic (exact) mass is 445 g/mol. The molecule has 2 N–H and O–H groups in total. The van der Waals surface area contributed by atoms with Crippen LogP contribution in [0.4, 0.5) is 4.39 Å². The van der Waals surface area contributed by atoms with Gasteiger partial charge in [0.25, 0.3) is 11.8 Å². The molecule has 2 aromatic heterocycles. The lowest BCUT2D eigenvalue weighted by Crippen LogP contribution is -2.40. The van der Waals surface area contributed by atoms with Crippen LogP contribution in [0.15, 0.2) is 65.3 Å². The van der Waals surface area contributed by atoms with Crippen molar-refractivity contribution in [3.05, 3.63) is 77.9 Å². The van der Waals surface area contributed by atoms with Gasteiger partial charge < -0.3 is 15.1 Å². The van der Waals surface area contributed by atoms with Crippen molar-refractivity contribution in [2.24, 2.45) is 0 Å². The predicted molar refractivity (Wildman–Crippen MR) is 125 cm³/mol. The Morgan fingerprint density at radius 1 is 0.909 bits per heavy atom. The second-order valence-electron chi connectivity index (χ2n) is 8.77. The Bertz CT molecular complexity index is 1350. The molecule has 0 aliphatic heterocycles. The third-order valence-corrected chi connectivity index (χ3v) is 5.07. The molecular weight excluding hydrogens is 421 g/mol. The van der Waals surface area contributed by atoms with Crippen molar-refractivity contribution >= 4 is 22.8 Å².